The van der Waals surface area contributed by atoms with Crippen molar-refractivity contribution in [3.8, 4) is 5.75 Å². The van der Waals surface area contributed by atoms with E-state index >= 15 is 0 Å². The van der Waals surface area contributed by atoms with Crippen molar-refractivity contribution in [1.82, 2.24) is 5.32 Å². The molecule has 0 unspecified atom stereocenters. The Kier molecular flexibility index (Phi) is 9.38. The predicted molar refractivity (Wildman–Crippen MR) is 208 cm³/mol. The van der Waals surface area contributed by atoms with Crippen LogP contribution in [0.3, 0.4) is 0 Å². The van der Waals surface area contributed by atoms with Crippen LogP contribution in [-0.4, -0.2) is 30.9 Å². The molecule has 0 saturated carbocycles. The highest BCUT2D eigenvalue weighted by molar-refractivity contribution is 9.10. The van der Waals surface area contributed by atoms with E-state index in [1.54, 1.807) is 30.3 Å². The van der Waals surface area contributed by atoms with Gasteiger partial charge in [0.15, 0.2) is 0 Å². The number of benzene rings is 5. The van der Waals surface area contributed by atoms with Gasteiger partial charge in [0.25, 0.3) is 11.8 Å². The van der Waals surface area contributed by atoms with Gasteiger partial charge in [-0.15, -0.1) is 0 Å². The molecular formula is C42H32BrCl2N3O4. The van der Waals surface area contributed by atoms with Gasteiger partial charge in [-0.3, -0.25) is 14.9 Å². The van der Waals surface area contributed by atoms with Gasteiger partial charge in [0.1, 0.15) is 17.9 Å². The average Bonchev–Trinajstić information content (AvgIpc) is 3.15. The van der Waals surface area contributed by atoms with Crippen molar-refractivity contribution in [2.24, 2.45) is 0 Å². The van der Waals surface area contributed by atoms with E-state index in [0.717, 1.165) is 47.5 Å². The molecule has 260 valence electrons. The summed E-state index contributed by atoms with van der Waals surface area (Å²) in [4.78, 5) is 44.6. The molecule has 0 radical (unpaired) electrons. The van der Waals surface area contributed by atoms with E-state index in [0.29, 0.717) is 31.5 Å². The summed E-state index contributed by atoms with van der Waals surface area (Å²) < 4.78 is 6.60. The molecule has 5 aromatic rings. The topological polar surface area (TPSA) is 79.0 Å². The Bertz CT molecular complexity index is 2190. The van der Waals surface area contributed by atoms with Crippen LogP contribution in [0.15, 0.2) is 119 Å². The van der Waals surface area contributed by atoms with Crippen LogP contribution in [-0.2, 0) is 16.2 Å². The molecule has 0 bridgehead atoms. The Morgan fingerprint density at radius 1 is 0.769 bits per heavy atom. The lowest BCUT2D eigenvalue weighted by Crippen LogP contribution is -2.54. The number of imide groups is 2. The Morgan fingerprint density at radius 3 is 2.00 bits per heavy atom. The van der Waals surface area contributed by atoms with Gasteiger partial charge in [0, 0.05) is 30.6 Å². The monoisotopic (exact) mass is 791 g/mol. The van der Waals surface area contributed by atoms with Gasteiger partial charge < -0.3 is 9.64 Å². The van der Waals surface area contributed by atoms with E-state index in [-0.39, 0.29) is 24.0 Å². The molecule has 52 heavy (non-hydrogen) atoms. The van der Waals surface area contributed by atoms with Crippen LogP contribution in [0.1, 0.15) is 58.1 Å². The van der Waals surface area contributed by atoms with Gasteiger partial charge in [-0.25, -0.2) is 9.69 Å². The van der Waals surface area contributed by atoms with E-state index in [9.17, 15) is 14.4 Å². The number of carbonyl (C=O) groups is 3. The van der Waals surface area contributed by atoms with Crippen LogP contribution in [0, 0.1) is 0 Å². The molecule has 0 aliphatic carbocycles. The quantitative estimate of drug-likeness (QED) is 0.131. The van der Waals surface area contributed by atoms with Gasteiger partial charge in [-0.1, -0.05) is 96.0 Å². The number of nitrogens with one attached hydrogen (secondary N) is 1. The maximum absolute atomic E-state index is 14.3. The molecular weight excluding hydrogens is 761 g/mol. The number of rotatable bonds is 7. The van der Waals surface area contributed by atoms with Crippen molar-refractivity contribution >= 4 is 74.4 Å². The summed E-state index contributed by atoms with van der Waals surface area (Å²) in [5, 5.41) is 3.32. The van der Waals surface area contributed by atoms with Crippen LogP contribution in [0.2, 0.25) is 10.0 Å². The highest BCUT2D eigenvalue weighted by Gasteiger charge is 2.40. The molecule has 1 fully saturated rings. The fourth-order valence-electron chi connectivity index (χ4n) is 7.54. The molecule has 0 aromatic heterocycles. The van der Waals surface area contributed by atoms with Crippen molar-refractivity contribution in [2.75, 3.05) is 22.9 Å². The lowest BCUT2D eigenvalue weighted by Gasteiger charge is -2.44. The van der Waals surface area contributed by atoms with Gasteiger partial charge in [0.2, 0.25) is 0 Å². The summed E-state index contributed by atoms with van der Waals surface area (Å²) in [7, 11) is 0. The molecule has 10 heteroatoms. The number of anilines is 2. The highest BCUT2D eigenvalue weighted by Crippen LogP contribution is 2.50. The fraction of sp³-hybridized carbons (Fsp3) is 0.167. The molecule has 5 aromatic carbocycles. The first kappa shape index (κ1) is 34.2. The first-order valence-corrected chi connectivity index (χ1v) is 18.6. The third-order valence-corrected chi connectivity index (χ3v) is 11.4. The van der Waals surface area contributed by atoms with E-state index < -0.39 is 17.8 Å². The number of barbiturate groups is 1. The number of nitrogens with zero attached hydrogens (tertiary/aromatic N) is 2. The maximum atomic E-state index is 14.3. The van der Waals surface area contributed by atoms with Gasteiger partial charge in [-0.05, 0) is 105 Å². The summed E-state index contributed by atoms with van der Waals surface area (Å²) >= 11 is 15.7. The number of carbonyl (C=O) groups excluding carboxylic acids is 3. The SMILES string of the molecule is O=C1NC(=O)N(c2cc3c4c(c2)[C@H](c2ccccc2)CCN4CC[C@H]3c2ccccc2)C(=O)/C1=C/c1ccc(OCc2ccc(Cl)c(Cl)c2)c(Br)c1. The molecule has 1 N–H and O–H groups in total. The highest BCUT2D eigenvalue weighted by atomic mass is 79.9. The molecule has 2 atom stereocenters. The van der Waals surface area contributed by atoms with Crippen molar-refractivity contribution in [3.05, 3.63) is 163 Å². The second-order valence-corrected chi connectivity index (χ2v) is 14.8. The van der Waals surface area contributed by atoms with Crippen molar-refractivity contribution in [3.63, 3.8) is 0 Å². The maximum Gasteiger partial charge on any atom is 0.335 e. The second-order valence-electron chi connectivity index (χ2n) is 13.1. The van der Waals surface area contributed by atoms with E-state index in [1.807, 2.05) is 54.6 Å². The van der Waals surface area contributed by atoms with Crippen molar-refractivity contribution in [1.29, 1.82) is 0 Å². The predicted octanol–water partition coefficient (Wildman–Crippen LogP) is 9.88. The molecule has 0 spiro atoms. The third-order valence-electron chi connectivity index (χ3n) is 10.0. The normalized spacial score (nSPS) is 19.1. The van der Waals surface area contributed by atoms with Gasteiger partial charge >= 0.3 is 6.03 Å². The number of amides is 4. The van der Waals surface area contributed by atoms with Gasteiger partial charge in [0.05, 0.1) is 20.2 Å². The van der Waals surface area contributed by atoms with E-state index in [1.165, 1.54) is 22.9 Å². The molecule has 3 aliphatic rings. The summed E-state index contributed by atoms with van der Waals surface area (Å²) in [6.07, 6.45) is 3.30. The van der Waals surface area contributed by atoms with E-state index in [2.05, 4.69) is 50.4 Å². The molecule has 4 amide bonds. The third kappa shape index (κ3) is 6.51. The van der Waals surface area contributed by atoms with Gasteiger partial charge in [-0.2, -0.15) is 0 Å². The molecule has 8 rings (SSSR count). The minimum absolute atomic E-state index is 0.0787. The lowest BCUT2D eigenvalue weighted by molar-refractivity contribution is -0.122. The molecule has 3 aliphatic heterocycles. The average molecular weight is 794 g/mol. The zero-order valence-corrected chi connectivity index (χ0v) is 30.9. The standard InChI is InChI=1S/C42H32BrCl2N3O4/c43-35-20-25(12-14-38(35)52-24-26-11-13-36(44)37(45)21-26)19-34-40(49)46-42(51)48(41(34)50)29-22-32-30(27-7-3-1-4-8-27)15-17-47-18-16-31(33(23-29)39(32)47)28-9-5-2-6-10-28/h1-14,19-23,30-31H,15-18,24H2,(H,46,49,51)/b34-19+/t30-,31-/m0/s1. The second kappa shape index (κ2) is 14.3. The lowest BCUT2D eigenvalue weighted by atomic mass is 9.76. The largest absolute Gasteiger partial charge is 0.488 e. The molecule has 7 nitrogen and oxygen atoms in total. The first-order valence-electron chi connectivity index (χ1n) is 17.1. The fourth-order valence-corrected chi connectivity index (χ4v) is 8.37. The molecule has 3 heterocycles. The summed E-state index contributed by atoms with van der Waals surface area (Å²) in [6.45, 7) is 2.09. The van der Waals surface area contributed by atoms with Crippen LogP contribution < -0.4 is 19.9 Å². The summed E-state index contributed by atoms with van der Waals surface area (Å²) in [6, 6.07) is 34.4. The Balaban J connectivity index is 1.15. The molecule has 1 saturated heterocycles. The van der Waals surface area contributed by atoms with Crippen LogP contribution in [0.25, 0.3) is 6.08 Å². The zero-order valence-electron chi connectivity index (χ0n) is 27.8. The Labute approximate surface area is 319 Å². The minimum atomic E-state index is -0.775. The van der Waals surface area contributed by atoms with Crippen LogP contribution >= 0.6 is 39.1 Å². The van der Waals surface area contributed by atoms with E-state index in [4.69, 9.17) is 27.9 Å². The number of ether oxygens (including phenoxy) is 1. The Morgan fingerprint density at radius 2 is 1.40 bits per heavy atom. The van der Waals surface area contributed by atoms with Crippen LogP contribution in [0.5, 0.6) is 5.75 Å². The van der Waals surface area contributed by atoms with Crippen molar-refractivity contribution in [2.45, 2.75) is 31.3 Å². The number of halogens is 3. The minimum Gasteiger partial charge on any atom is -0.488 e. The van der Waals surface area contributed by atoms with Crippen molar-refractivity contribution < 1.29 is 19.1 Å². The zero-order chi connectivity index (χ0) is 35.9. The first-order chi connectivity index (χ1) is 25.2. The van der Waals surface area contributed by atoms with Crippen LogP contribution in [0.4, 0.5) is 16.2 Å². The number of urea groups is 1. The summed E-state index contributed by atoms with van der Waals surface area (Å²) in [5.41, 5.74) is 7.40. The number of hydrogen-bond donors (Lipinski definition) is 1. The number of hydrogen-bond acceptors (Lipinski definition) is 5. The summed E-state index contributed by atoms with van der Waals surface area (Å²) in [5.74, 6) is -0.724. The Hall–Kier alpha value is -4.89. The smallest absolute Gasteiger partial charge is 0.335 e.